The summed E-state index contributed by atoms with van der Waals surface area (Å²) >= 11 is 0. The third kappa shape index (κ3) is 2.05. The van der Waals surface area contributed by atoms with Gasteiger partial charge in [0.2, 0.25) is 0 Å². The smallest absolute Gasteiger partial charge is 0.356 e. The van der Waals surface area contributed by atoms with Crippen LogP contribution in [0.5, 0.6) is 5.75 Å². The number of carboxylic acid groups (broad SMARTS) is 1. The summed E-state index contributed by atoms with van der Waals surface area (Å²) in [4.78, 5) is 10.8. The minimum absolute atomic E-state index is 0.0342. The second-order valence-corrected chi connectivity index (χ2v) is 3.85. The molecule has 0 aliphatic rings. The molecule has 0 saturated carbocycles. The molecule has 0 saturated heterocycles. The molecule has 94 valence electrons. The van der Waals surface area contributed by atoms with E-state index in [2.05, 4.69) is 5.10 Å². The van der Waals surface area contributed by atoms with E-state index < -0.39 is 5.97 Å². The van der Waals surface area contributed by atoms with Crippen LogP contribution < -0.4 is 0 Å². The Labute approximate surface area is 103 Å². The van der Waals surface area contributed by atoms with E-state index in [1.165, 1.54) is 16.8 Å². The van der Waals surface area contributed by atoms with E-state index in [1.54, 1.807) is 19.2 Å². The molecule has 0 fully saturated rings. The summed E-state index contributed by atoms with van der Waals surface area (Å²) in [6, 6.07) is 6.16. The molecule has 3 N–H and O–H groups in total. The van der Waals surface area contributed by atoms with Crippen molar-refractivity contribution in [2.75, 3.05) is 0 Å². The molecule has 0 aliphatic heterocycles. The fraction of sp³-hybridized carbons (Fsp3) is 0.167. The third-order valence-corrected chi connectivity index (χ3v) is 2.65. The van der Waals surface area contributed by atoms with E-state index in [0.29, 0.717) is 16.8 Å². The van der Waals surface area contributed by atoms with Crippen LogP contribution in [-0.4, -0.2) is 31.1 Å². The van der Waals surface area contributed by atoms with Crippen LogP contribution >= 0.6 is 0 Å². The van der Waals surface area contributed by atoms with Crippen molar-refractivity contribution in [3.63, 3.8) is 0 Å². The number of hydrogen-bond donors (Lipinski definition) is 3. The summed E-state index contributed by atoms with van der Waals surface area (Å²) in [7, 11) is 1.62. The van der Waals surface area contributed by atoms with Gasteiger partial charge in [0.15, 0.2) is 5.69 Å². The van der Waals surface area contributed by atoms with Crippen molar-refractivity contribution < 1.29 is 20.1 Å². The van der Waals surface area contributed by atoms with Crippen LogP contribution in [0.4, 0.5) is 0 Å². The molecule has 0 unspecified atom stereocenters. The molecule has 2 aromatic rings. The van der Waals surface area contributed by atoms with Crippen molar-refractivity contribution in [2.45, 2.75) is 6.61 Å². The van der Waals surface area contributed by atoms with Crippen molar-refractivity contribution in [2.24, 2.45) is 7.05 Å². The van der Waals surface area contributed by atoms with Gasteiger partial charge in [-0.3, -0.25) is 4.68 Å². The van der Waals surface area contributed by atoms with E-state index in [4.69, 9.17) is 10.2 Å². The molecular formula is C12H12N2O4. The predicted octanol–water partition coefficient (Wildman–Crippen LogP) is 0.983. The van der Waals surface area contributed by atoms with Gasteiger partial charge in [-0.2, -0.15) is 5.10 Å². The fourth-order valence-electron chi connectivity index (χ4n) is 1.70. The van der Waals surface area contributed by atoms with E-state index in [0.717, 1.165) is 0 Å². The van der Waals surface area contributed by atoms with Crippen molar-refractivity contribution in [1.29, 1.82) is 0 Å². The number of rotatable bonds is 3. The Morgan fingerprint density at radius 3 is 2.61 bits per heavy atom. The van der Waals surface area contributed by atoms with Gasteiger partial charge >= 0.3 is 5.97 Å². The first-order chi connectivity index (χ1) is 8.52. The van der Waals surface area contributed by atoms with Crippen LogP contribution in [0.1, 0.15) is 16.1 Å². The van der Waals surface area contributed by atoms with E-state index in [-0.39, 0.29) is 18.1 Å². The van der Waals surface area contributed by atoms with Gasteiger partial charge in [-0.15, -0.1) is 0 Å². The lowest BCUT2D eigenvalue weighted by Gasteiger charge is -2.05. The standard InChI is InChI=1S/C12H12N2O4/c1-14-10(5-9(13-14)12(17)18)7-2-3-8(6-15)11(16)4-7/h2-5,15-16H,6H2,1H3,(H,17,18). The number of aliphatic hydroxyl groups excluding tert-OH is 1. The largest absolute Gasteiger partial charge is 0.508 e. The lowest BCUT2D eigenvalue weighted by Crippen LogP contribution is -1.99. The highest BCUT2D eigenvalue weighted by atomic mass is 16.4. The number of hydrogen-bond acceptors (Lipinski definition) is 4. The summed E-state index contributed by atoms with van der Waals surface area (Å²) in [6.07, 6.45) is 0. The number of aromatic nitrogens is 2. The molecule has 1 heterocycles. The molecule has 0 aliphatic carbocycles. The number of aromatic hydroxyl groups is 1. The number of aliphatic hydroxyl groups is 1. The Bertz CT molecular complexity index is 604. The predicted molar refractivity (Wildman–Crippen MR) is 63.2 cm³/mol. The molecule has 0 atom stereocenters. The summed E-state index contributed by atoms with van der Waals surface area (Å²) < 4.78 is 1.43. The number of benzene rings is 1. The molecular weight excluding hydrogens is 236 g/mol. The maximum Gasteiger partial charge on any atom is 0.356 e. The SMILES string of the molecule is Cn1nc(C(=O)O)cc1-c1ccc(CO)c(O)c1. The Morgan fingerprint density at radius 2 is 2.11 bits per heavy atom. The molecule has 1 aromatic carbocycles. The Morgan fingerprint density at radius 1 is 1.39 bits per heavy atom. The molecule has 6 nitrogen and oxygen atoms in total. The van der Waals surface area contributed by atoms with Crippen LogP contribution in [0.2, 0.25) is 0 Å². The van der Waals surface area contributed by atoms with Crippen molar-refractivity contribution >= 4 is 5.97 Å². The van der Waals surface area contributed by atoms with Gasteiger partial charge in [0.1, 0.15) is 5.75 Å². The number of nitrogens with zero attached hydrogens (tertiary/aromatic N) is 2. The number of phenols is 1. The highest BCUT2D eigenvalue weighted by Gasteiger charge is 2.13. The summed E-state index contributed by atoms with van der Waals surface area (Å²) in [6.45, 7) is -0.252. The van der Waals surface area contributed by atoms with Crippen LogP contribution in [0, 0.1) is 0 Å². The quantitative estimate of drug-likeness (QED) is 0.752. The van der Waals surface area contributed by atoms with Gasteiger partial charge in [-0.1, -0.05) is 12.1 Å². The van der Waals surface area contributed by atoms with Crippen LogP contribution in [-0.2, 0) is 13.7 Å². The highest BCUT2D eigenvalue weighted by Crippen LogP contribution is 2.26. The number of carbonyl (C=O) groups is 1. The lowest BCUT2D eigenvalue weighted by atomic mass is 10.1. The number of aryl methyl sites for hydroxylation is 1. The first-order valence-corrected chi connectivity index (χ1v) is 5.23. The molecule has 0 radical (unpaired) electrons. The van der Waals surface area contributed by atoms with Crippen LogP contribution in [0.3, 0.4) is 0 Å². The van der Waals surface area contributed by atoms with E-state index >= 15 is 0 Å². The van der Waals surface area contributed by atoms with Gasteiger partial charge in [0, 0.05) is 18.2 Å². The second-order valence-electron chi connectivity index (χ2n) is 3.85. The zero-order chi connectivity index (χ0) is 13.3. The molecule has 6 heteroatoms. The zero-order valence-electron chi connectivity index (χ0n) is 9.66. The number of carboxylic acids is 1. The third-order valence-electron chi connectivity index (χ3n) is 2.65. The molecule has 0 amide bonds. The maximum atomic E-state index is 10.8. The Balaban J connectivity index is 2.48. The average Bonchev–Trinajstić information content (AvgIpc) is 2.71. The topological polar surface area (TPSA) is 95.6 Å². The fourth-order valence-corrected chi connectivity index (χ4v) is 1.70. The van der Waals surface area contributed by atoms with Gasteiger partial charge in [-0.25, -0.2) is 4.79 Å². The highest BCUT2D eigenvalue weighted by molar-refractivity contribution is 5.87. The molecule has 0 spiro atoms. The number of aromatic carboxylic acids is 1. The van der Waals surface area contributed by atoms with Gasteiger partial charge in [-0.05, 0) is 12.1 Å². The summed E-state index contributed by atoms with van der Waals surface area (Å²) in [5.41, 5.74) is 1.57. The Hall–Kier alpha value is -2.34. The first-order valence-electron chi connectivity index (χ1n) is 5.23. The molecule has 2 rings (SSSR count). The van der Waals surface area contributed by atoms with Crippen LogP contribution in [0.25, 0.3) is 11.3 Å². The van der Waals surface area contributed by atoms with Crippen molar-refractivity contribution in [3.05, 3.63) is 35.5 Å². The van der Waals surface area contributed by atoms with Crippen molar-refractivity contribution in [3.8, 4) is 17.0 Å². The molecule has 1 aromatic heterocycles. The first kappa shape index (κ1) is 12.1. The maximum absolute atomic E-state index is 10.8. The molecule has 0 bridgehead atoms. The van der Waals surface area contributed by atoms with Crippen LogP contribution in [0.15, 0.2) is 24.3 Å². The van der Waals surface area contributed by atoms with Gasteiger partial charge in [0.25, 0.3) is 0 Å². The normalized spacial score (nSPS) is 10.6. The van der Waals surface area contributed by atoms with Gasteiger partial charge < -0.3 is 15.3 Å². The summed E-state index contributed by atoms with van der Waals surface area (Å²) in [5.74, 6) is -1.14. The minimum Gasteiger partial charge on any atom is -0.508 e. The van der Waals surface area contributed by atoms with E-state index in [9.17, 15) is 9.90 Å². The van der Waals surface area contributed by atoms with E-state index in [1.807, 2.05) is 0 Å². The average molecular weight is 248 g/mol. The van der Waals surface area contributed by atoms with Gasteiger partial charge in [0.05, 0.1) is 12.3 Å². The lowest BCUT2D eigenvalue weighted by molar-refractivity contribution is 0.0689. The Kier molecular flexibility index (Phi) is 3.03. The molecule has 18 heavy (non-hydrogen) atoms. The monoisotopic (exact) mass is 248 g/mol. The van der Waals surface area contributed by atoms with Crippen molar-refractivity contribution in [1.82, 2.24) is 9.78 Å². The second kappa shape index (κ2) is 4.50. The summed E-state index contributed by atoms with van der Waals surface area (Å²) in [5, 5.41) is 31.3. The minimum atomic E-state index is -1.10. The zero-order valence-corrected chi connectivity index (χ0v) is 9.66.